The van der Waals surface area contributed by atoms with E-state index < -0.39 is 0 Å². The van der Waals surface area contributed by atoms with Crippen LogP contribution in [-0.4, -0.2) is 32.3 Å². The lowest BCUT2D eigenvalue weighted by atomic mass is 9.65. The quantitative estimate of drug-likeness (QED) is 0.645. The number of para-hydroxylation sites is 1. The van der Waals surface area contributed by atoms with E-state index in [0.717, 1.165) is 17.7 Å². The number of anilines is 1. The fourth-order valence-corrected chi connectivity index (χ4v) is 2.75. The van der Waals surface area contributed by atoms with Gasteiger partial charge in [-0.15, -0.1) is 0 Å². The summed E-state index contributed by atoms with van der Waals surface area (Å²) in [7, 11) is 3.42. The van der Waals surface area contributed by atoms with Crippen LogP contribution in [0.3, 0.4) is 0 Å². The Morgan fingerprint density at radius 3 is 2.71 bits per heavy atom. The monoisotopic (exact) mass is 291 g/mol. The van der Waals surface area contributed by atoms with E-state index in [9.17, 15) is 0 Å². The van der Waals surface area contributed by atoms with Crippen molar-refractivity contribution in [1.82, 2.24) is 0 Å². The first-order chi connectivity index (χ1) is 9.98. The van der Waals surface area contributed by atoms with Crippen molar-refractivity contribution >= 4 is 11.6 Å². The largest absolute Gasteiger partial charge is 0.381 e. The second-order valence-electron chi connectivity index (χ2n) is 6.03. The summed E-state index contributed by atoms with van der Waals surface area (Å²) >= 11 is 0. The predicted octanol–water partition coefficient (Wildman–Crippen LogP) is 2.37. The summed E-state index contributed by atoms with van der Waals surface area (Å²) in [5.74, 6) is 0.436. The van der Waals surface area contributed by atoms with Crippen LogP contribution in [0.25, 0.3) is 0 Å². The van der Waals surface area contributed by atoms with Gasteiger partial charge in [0.2, 0.25) is 0 Å². The minimum Gasteiger partial charge on any atom is -0.381 e. The molecule has 1 saturated carbocycles. The van der Waals surface area contributed by atoms with E-state index >= 15 is 0 Å². The molecule has 1 aromatic rings. The Bertz CT molecular complexity index is 514. The number of hydrogen-bond acceptors (Lipinski definition) is 3. The molecule has 2 rings (SSSR count). The molecule has 1 aliphatic carbocycles. The number of guanidine groups is 1. The Morgan fingerprint density at radius 2 is 2.10 bits per heavy atom. The van der Waals surface area contributed by atoms with Gasteiger partial charge in [0.15, 0.2) is 5.96 Å². The number of aliphatic imine (C=N–C) groups is 1. The third-order valence-corrected chi connectivity index (χ3v) is 4.29. The van der Waals surface area contributed by atoms with Gasteiger partial charge in [0.25, 0.3) is 0 Å². The molecule has 2 atom stereocenters. The van der Waals surface area contributed by atoms with Crippen LogP contribution in [0.5, 0.6) is 0 Å². The number of ether oxygens (including phenoxy) is 2. The summed E-state index contributed by atoms with van der Waals surface area (Å²) < 4.78 is 10.6. The molecule has 0 saturated heterocycles. The van der Waals surface area contributed by atoms with E-state index in [0.29, 0.717) is 12.6 Å². The summed E-state index contributed by atoms with van der Waals surface area (Å²) in [6.07, 6.45) is 1.16. The Balaban J connectivity index is 2.05. The van der Waals surface area contributed by atoms with E-state index in [1.165, 1.54) is 0 Å². The van der Waals surface area contributed by atoms with Crippen LogP contribution in [0.1, 0.15) is 25.8 Å². The van der Waals surface area contributed by atoms with Gasteiger partial charge in [0, 0.05) is 30.9 Å². The smallest absolute Gasteiger partial charge is 0.193 e. The normalized spacial score (nSPS) is 24.5. The Hall–Kier alpha value is -1.59. The maximum absolute atomic E-state index is 6.05. The lowest BCUT2D eigenvalue weighted by Gasteiger charge is -2.48. The highest BCUT2D eigenvalue weighted by molar-refractivity contribution is 5.93. The molecular weight excluding hydrogens is 266 g/mol. The van der Waals surface area contributed by atoms with Crippen LogP contribution in [-0.2, 0) is 16.1 Å². The molecule has 2 unspecified atom stereocenters. The van der Waals surface area contributed by atoms with E-state index in [4.69, 9.17) is 15.2 Å². The highest BCUT2D eigenvalue weighted by Crippen LogP contribution is 2.44. The summed E-state index contributed by atoms with van der Waals surface area (Å²) in [5, 5.41) is 3.17. The van der Waals surface area contributed by atoms with Crippen LogP contribution in [0.4, 0.5) is 5.69 Å². The molecule has 5 nitrogen and oxygen atoms in total. The van der Waals surface area contributed by atoms with Crippen LogP contribution in [0.15, 0.2) is 29.3 Å². The summed E-state index contributed by atoms with van der Waals surface area (Å²) in [6, 6.07) is 8.10. The molecular formula is C16H25N3O2. The van der Waals surface area contributed by atoms with Gasteiger partial charge in [0.05, 0.1) is 18.8 Å². The maximum Gasteiger partial charge on any atom is 0.193 e. The van der Waals surface area contributed by atoms with Crippen molar-refractivity contribution in [3.8, 4) is 0 Å². The molecule has 21 heavy (non-hydrogen) atoms. The molecule has 0 aliphatic heterocycles. The minimum absolute atomic E-state index is 0.0209. The zero-order valence-corrected chi connectivity index (χ0v) is 13.2. The average molecular weight is 291 g/mol. The first-order valence-corrected chi connectivity index (χ1v) is 7.19. The molecule has 0 heterocycles. The molecule has 0 radical (unpaired) electrons. The topological polar surface area (TPSA) is 68.9 Å². The van der Waals surface area contributed by atoms with Gasteiger partial charge in [-0.3, -0.25) is 0 Å². The average Bonchev–Trinajstić information content (AvgIpc) is 2.45. The third-order valence-electron chi connectivity index (χ3n) is 4.29. The van der Waals surface area contributed by atoms with Crippen molar-refractivity contribution in [2.75, 3.05) is 19.5 Å². The highest BCUT2D eigenvalue weighted by Gasteiger charge is 2.48. The Kier molecular flexibility index (Phi) is 4.85. The van der Waals surface area contributed by atoms with Crippen LogP contribution >= 0.6 is 0 Å². The van der Waals surface area contributed by atoms with Crippen molar-refractivity contribution in [2.45, 2.75) is 39.0 Å². The molecule has 0 spiro atoms. The van der Waals surface area contributed by atoms with Gasteiger partial charge < -0.3 is 20.5 Å². The van der Waals surface area contributed by atoms with Crippen LogP contribution in [0.2, 0.25) is 0 Å². The summed E-state index contributed by atoms with van der Waals surface area (Å²) in [5.41, 5.74) is 8.06. The van der Waals surface area contributed by atoms with Gasteiger partial charge >= 0.3 is 0 Å². The third kappa shape index (κ3) is 3.36. The second-order valence-corrected chi connectivity index (χ2v) is 6.03. The molecule has 1 aromatic carbocycles. The molecule has 0 aromatic heterocycles. The predicted molar refractivity (Wildman–Crippen MR) is 85.4 cm³/mol. The minimum atomic E-state index is 0.0209. The molecule has 3 N–H and O–H groups in total. The summed E-state index contributed by atoms with van der Waals surface area (Å²) in [4.78, 5) is 4.59. The van der Waals surface area contributed by atoms with Gasteiger partial charge in [-0.1, -0.05) is 32.0 Å². The molecule has 1 aliphatic rings. The van der Waals surface area contributed by atoms with Gasteiger partial charge in [-0.2, -0.15) is 0 Å². The Morgan fingerprint density at radius 1 is 1.38 bits per heavy atom. The van der Waals surface area contributed by atoms with Crippen LogP contribution in [0, 0.1) is 5.41 Å². The summed E-state index contributed by atoms with van der Waals surface area (Å²) in [6.45, 7) is 4.85. The second kappa shape index (κ2) is 6.45. The van der Waals surface area contributed by atoms with Crippen LogP contribution < -0.4 is 11.1 Å². The number of nitrogens with one attached hydrogen (secondary N) is 1. The van der Waals surface area contributed by atoms with E-state index in [1.54, 1.807) is 14.2 Å². The number of nitrogens with zero attached hydrogens (tertiary/aromatic N) is 1. The number of hydrogen-bond donors (Lipinski definition) is 2. The Labute approximate surface area is 126 Å². The van der Waals surface area contributed by atoms with E-state index in [-0.39, 0.29) is 17.6 Å². The molecule has 5 heteroatoms. The van der Waals surface area contributed by atoms with Crippen molar-refractivity contribution in [3.63, 3.8) is 0 Å². The zero-order valence-electron chi connectivity index (χ0n) is 13.2. The fraction of sp³-hybridized carbons (Fsp3) is 0.562. The molecule has 0 amide bonds. The van der Waals surface area contributed by atoms with Crippen molar-refractivity contribution in [1.29, 1.82) is 0 Å². The molecule has 0 bridgehead atoms. The lowest BCUT2D eigenvalue weighted by Crippen LogP contribution is -2.54. The highest BCUT2D eigenvalue weighted by atomic mass is 16.5. The standard InChI is InChI=1S/C16H25N3O2/c1-16(2)13(9-14(16)21-4)19-15(17)18-12-8-6-5-7-11(12)10-20-3/h5-8,13-14H,9-10H2,1-4H3,(H3,17,18,19). The zero-order chi connectivity index (χ0) is 15.5. The van der Waals surface area contributed by atoms with E-state index in [1.807, 2.05) is 24.3 Å². The number of benzene rings is 1. The van der Waals surface area contributed by atoms with Gasteiger partial charge in [0.1, 0.15) is 0 Å². The van der Waals surface area contributed by atoms with Crippen molar-refractivity contribution in [3.05, 3.63) is 29.8 Å². The number of rotatable bonds is 5. The first-order valence-electron chi connectivity index (χ1n) is 7.19. The lowest BCUT2D eigenvalue weighted by molar-refractivity contribution is -0.0850. The van der Waals surface area contributed by atoms with Crippen molar-refractivity contribution in [2.24, 2.45) is 16.1 Å². The first kappa shape index (κ1) is 15.8. The van der Waals surface area contributed by atoms with Crippen molar-refractivity contribution < 1.29 is 9.47 Å². The molecule has 116 valence electrons. The number of nitrogens with two attached hydrogens (primary N) is 1. The fourth-order valence-electron chi connectivity index (χ4n) is 2.75. The molecule has 1 fully saturated rings. The number of methoxy groups -OCH3 is 2. The van der Waals surface area contributed by atoms with Gasteiger partial charge in [-0.05, 0) is 12.5 Å². The SMILES string of the molecule is COCc1ccccc1NC(N)=NC1CC(OC)C1(C)C. The van der Waals surface area contributed by atoms with Gasteiger partial charge in [-0.25, -0.2) is 4.99 Å². The van der Waals surface area contributed by atoms with E-state index in [2.05, 4.69) is 24.2 Å². The maximum atomic E-state index is 6.05.